The van der Waals surface area contributed by atoms with E-state index in [0.717, 1.165) is 23.5 Å². The molecule has 1 nitrogen and oxygen atoms in total. The first-order valence-corrected chi connectivity index (χ1v) is 8.72. The van der Waals surface area contributed by atoms with Crippen molar-refractivity contribution in [2.75, 3.05) is 0 Å². The zero-order chi connectivity index (χ0) is 13.0. The van der Waals surface area contributed by atoms with Gasteiger partial charge in [-0.3, -0.25) is 0 Å². The Bertz CT molecular complexity index is 296. The zero-order valence-electron chi connectivity index (χ0n) is 11.9. The van der Waals surface area contributed by atoms with Crippen LogP contribution in [0.15, 0.2) is 0 Å². The van der Waals surface area contributed by atoms with E-state index in [1.807, 2.05) is 0 Å². The van der Waals surface area contributed by atoms with Crippen LogP contribution in [0.5, 0.6) is 0 Å². The predicted molar refractivity (Wildman–Crippen MR) is 79.5 cm³/mol. The standard InChI is InChI=1S/C16H27NS/c1-3-13-7-8-14(11-17)16(10-13)18-15-6-4-5-12(2)9-15/h12-16H,3-10H2,1-2H3. The number of hydrogen-bond acceptors (Lipinski definition) is 2. The Hall–Kier alpha value is -0.160. The van der Waals surface area contributed by atoms with E-state index in [1.165, 1.54) is 44.9 Å². The molecule has 0 amide bonds. The molecule has 0 aromatic carbocycles. The summed E-state index contributed by atoms with van der Waals surface area (Å²) in [5, 5.41) is 10.8. The molecular formula is C16H27NS. The van der Waals surface area contributed by atoms with Gasteiger partial charge in [-0.25, -0.2) is 0 Å². The second-order valence-corrected chi connectivity index (χ2v) is 7.94. The van der Waals surface area contributed by atoms with Crippen molar-refractivity contribution in [3.05, 3.63) is 0 Å². The number of rotatable bonds is 3. The van der Waals surface area contributed by atoms with Crippen LogP contribution < -0.4 is 0 Å². The molecule has 102 valence electrons. The van der Waals surface area contributed by atoms with Crippen molar-refractivity contribution in [3.63, 3.8) is 0 Å². The van der Waals surface area contributed by atoms with E-state index in [0.29, 0.717) is 11.2 Å². The fourth-order valence-electron chi connectivity index (χ4n) is 3.63. The fraction of sp³-hybridized carbons (Fsp3) is 0.938. The molecular weight excluding hydrogens is 238 g/mol. The Labute approximate surface area is 117 Å². The zero-order valence-corrected chi connectivity index (χ0v) is 12.7. The van der Waals surface area contributed by atoms with Gasteiger partial charge in [0.05, 0.1) is 12.0 Å². The van der Waals surface area contributed by atoms with Gasteiger partial charge in [-0.15, -0.1) is 0 Å². The minimum absolute atomic E-state index is 0.329. The molecule has 0 saturated heterocycles. The topological polar surface area (TPSA) is 23.8 Å². The van der Waals surface area contributed by atoms with E-state index < -0.39 is 0 Å². The van der Waals surface area contributed by atoms with Gasteiger partial charge in [0.2, 0.25) is 0 Å². The van der Waals surface area contributed by atoms with Crippen LogP contribution >= 0.6 is 11.8 Å². The monoisotopic (exact) mass is 265 g/mol. The van der Waals surface area contributed by atoms with Crippen LogP contribution in [0.1, 0.15) is 65.2 Å². The molecule has 0 aliphatic heterocycles. The van der Waals surface area contributed by atoms with Gasteiger partial charge in [-0.1, -0.05) is 33.1 Å². The second kappa shape index (κ2) is 6.85. The van der Waals surface area contributed by atoms with Crippen molar-refractivity contribution in [3.8, 4) is 6.07 Å². The highest BCUT2D eigenvalue weighted by Crippen LogP contribution is 2.43. The molecule has 0 aromatic rings. The van der Waals surface area contributed by atoms with Crippen LogP contribution in [-0.2, 0) is 0 Å². The van der Waals surface area contributed by atoms with Crippen LogP contribution in [-0.4, -0.2) is 10.5 Å². The van der Waals surface area contributed by atoms with Gasteiger partial charge >= 0.3 is 0 Å². The molecule has 2 fully saturated rings. The van der Waals surface area contributed by atoms with Gasteiger partial charge in [-0.2, -0.15) is 17.0 Å². The highest BCUT2D eigenvalue weighted by molar-refractivity contribution is 8.00. The van der Waals surface area contributed by atoms with Crippen LogP contribution in [0.2, 0.25) is 0 Å². The lowest BCUT2D eigenvalue weighted by atomic mass is 9.81. The highest BCUT2D eigenvalue weighted by Gasteiger charge is 2.33. The van der Waals surface area contributed by atoms with E-state index in [1.54, 1.807) is 0 Å². The van der Waals surface area contributed by atoms with Crippen LogP contribution in [0.4, 0.5) is 0 Å². The quantitative estimate of drug-likeness (QED) is 0.715. The summed E-state index contributed by atoms with van der Waals surface area (Å²) >= 11 is 2.17. The molecule has 5 atom stereocenters. The number of hydrogen-bond donors (Lipinski definition) is 0. The average Bonchev–Trinajstić information content (AvgIpc) is 2.38. The molecule has 0 radical (unpaired) electrons. The maximum absolute atomic E-state index is 9.34. The summed E-state index contributed by atoms with van der Waals surface area (Å²) in [5.41, 5.74) is 0. The first kappa shape index (κ1) is 14.3. The third-order valence-corrected chi connectivity index (χ3v) is 6.58. The maximum atomic E-state index is 9.34. The van der Waals surface area contributed by atoms with Crippen LogP contribution in [0.25, 0.3) is 0 Å². The first-order chi connectivity index (χ1) is 8.72. The average molecular weight is 265 g/mol. The summed E-state index contributed by atoms with van der Waals surface area (Å²) in [6.45, 7) is 4.70. The Balaban J connectivity index is 1.90. The van der Waals surface area contributed by atoms with Crippen molar-refractivity contribution in [1.82, 2.24) is 0 Å². The summed E-state index contributed by atoms with van der Waals surface area (Å²) in [6, 6.07) is 2.58. The molecule has 0 heterocycles. The molecule has 2 aliphatic carbocycles. The minimum atomic E-state index is 0.329. The summed E-state index contributed by atoms with van der Waals surface area (Å²) in [6.07, 6.45) is 10.6. The minimum Gasteiger partial charge on any atom is -0.198 e. The van der Waals surface area contributed by atoms with E-state index in [9.17, 15) is 5.26 Å². The van der Waals surface area contributed by atoms with Gasteiger partial charge in [0.1, 0.15) is 0 Å². The van der Waals surface area contributed by atoms with Gasteiger partial charge in [-0.05, 0) is 43.9 Å². The summed E-state index contributed by atoms with van der Waals surface area (Å²) in [5.74, 6) is 2.12. The van der Waals surface area contributed by atoms with Gasteiger partial charge < -0.3 is 0 Å². The number of thioether (sulfide) groups is 1. The molecule has 2 heteroatoms. The van der Waals surface area contributed by atoms with Crippen molar-refractivity contribution in [1.29, 1.82) is 5.26 Å². The Morgan fingerprint density at radius 3 is 2.67 bits per heavy atom. The second-order valence-electron chi connectivity index (χ2n) is 6.39. The van der Waals surface area contributed by atoms with Crippen LogP contribution in [0, 0.1) is 29.1 Å². The van der Waals surface area contributed by atoms with Crippen molar-refractivity contribution in [2.45, 2.75) is 75.7 Å². The van der Waals surface area contributed by atoms with Crippen molar-refractivity contribution < 1.29 is 0 Å². The van der Waals surface area contributed by atoms with Gasteiger partial charge in [0, 0.05) is 10.5 Å². The van der Waals surface area contributed by atoms with Crippen molar-refractivity contribution >= 4 is 11.8 Å². The first-order valence-electron chi connectivity index (χ1n) is 7.78. The molecule has 0 aromatic heterocycles. The molecule has 5 unspecified atom stereocenters. The largest absolute Gasteiger partial charge is 0.198 e. The SMILES string of the molecule is CCC1CCC(C#N)C(SC2CCCC(C)C2)C1. The summed E-state index contributed by atoms with van der Waals surface area (Å²) < 4.78 is 0. The lowest BCUT2D eigenvalue weighted by molar-refractivity contribution is 0.314. The fourth-order valence-corrected chi connectivity index (χ4v) is 5.64. The van der Waals surface area contributed by atoms with E-state index in [-0.39, 0.29) is 0 Å². The molecule has 0 bridgehead atoms. The molecule has 18 heavy (non-hydrogen) atoms. The van der Waals surface area contributed by atoms with E-state index in [4.69, 9.17) is 0 Å². The third-order valence-electron chi connectivity index (χ3n) is 4.90. The Morgan fingerprint density at radius 2 is 2.00 bits per heavy atom. The predicted octanol–water partition coefficient (Wildman–Crippen LogP) is 5.02. The lowest BCUT2D eigenvalue weighted by Crippen LogP contribution is -2.29. The summed E-state index contributed by atoms with van der Waals surface area (Å²) in [4.78, 5) is 0. The normalized spacial score (nSPS) is 41.3. The summed E-state index contributed by atoms with van der Waals surface area (Å²) in [7, 11) is 0. The molecule has 2 saturated carbocycles. The van der Waals surface area contributed by atoms with Gasteiger partial charge in [0.15, 0.2) is 0 Å². The van der Waals surface area contributed by atoms with Crippen molar-refractivity contribution in [2.24, 2.45) is 17.8 Å². The molecule has 0 spiro atoms. The smallest absolute Gasteiger partial charge is 0.0667 e. The van der Waals surface area contributed by atoms with Crippen LogP contribution in [0.3, 0.4) is 0 Å². The molecule has 2 aliphatic rings. The number of nitriles is 1. The van der Waals surface area contributed by atoms with E-state index in [2.05, 4.69) is 31.7 Å². The van der Waals surface area contributed by atoms with E-state index >= 15 is 0 Å². The maximum Gasteiger partial charge on any atom is 0.0667 e. The van der Waals surface area contributed by atoms with Gasteiger partial charge in [0.25, 0.3) is 0 Å². The molecule has 0 N–H and O–H groups in total. The third kappa shape index (κ3) is 3.67. The lowest BCUT2D eigenvalue weighted by Gasteiger charge is -2.36. The Morgan fingerprint density at radius 1 is 1.17 bits per heavy atom. The Kier molecular flexibility index (Phi) is 5.42. The highest BCUT2D eigenvalue weighted by atomic mass is 32.2. The molecule has 2 rings (SSSR count). The number of nitrogens with zero attached hydrogens (tertiary/aromatic N) is 1.